The van der Waals surface area contributed by atoms with E-state index < -0.39 is 11.6 Å². The fourth-order valence-electron chi connectivity index (χ4n) is 2.98. The second-order valence-electron chi connectivity index (χ2n) is 6.81. The molecule has 1 aromatic heterocycles. The topological polar surface area (TPSA) is 84.2 Å². The average molecular weight is 413 g/mol. The van der Waals surface area contributed by atoms with Crippen LogP contribution in [0.5, 0.6) is 0 Å². The van der Waals surface area contributed by atoms with E-state index in [1.807, 2.05) is 13.0 Å². The Balaban J connectivity index is 1.58. The molecular weight excluding hydrogens is 392 g/mol. The SMILES string of the molecule is CC(=O)Nc1cccc([C@H](C)NC(=O)CCc2ncc(-c3c(F)cccc3F)o2)c1. The molecule has 0 aliphatic heterocycles. The molecule has 0 bridgehead atoms. The molecule has 3 aromatic rings. The van der Waals surface area contributed by atoms with Gasteiger partial charge in [-0.25, -0.2) is 13.8 Å². The predicted octanol–water partition coefficient (Wildman–Crippen LogP) is 4.39. The largest absolute Gasteiger partial charge is 0.441 e. The van der Waals surface area contributed by atoms with Crippen molar-refractivity contribution in [1.82, 2.24) is 10.3 Å². The first kappa shape index (κ1) is 21.2. The molecular formula is C22H21F2N3O3. The Morgan fingerprint density at radius 1 is 1.13 bits per heavy atom. The van der Waals surface area contributed by atoms with E-state index in [-0.39, 0.29) is 47.9 Å². The molecule has 0 aliphatic carbocycles. The number of carbonyl (C=O) groups is 2. The molecule has 0 spiro atoms. The summed E-state index contributed by atoms with van der Waals surface area (Å²) in [4.78, 5) is 27.5. The molecule has 156 valence electrons. The molecule has 0 saturated heterocycles. The summed E-state index contributed by atoms with van der Waals surface area (Å²) in [5.74, 6) is -1.71. The van der Waals surface area contributed by atoms with E-state index in [0.717, 1.165) is 17.7 Å². The number of aromatic nitrogens is 1. The maximum atomic E-state index is 13.8. The summed E-state index contributed by atoms with van der Waals surface area (Å²) < 4.78 is 33.1. The Kier molecular flexibility index (Phi) is 6.56. The van der Waals surface area contributed by atoms with Gasteiger partial charge in [-0.3, -0.25) is 9.59 Å². The Morgan fingerprint density at radius 3 is 2.53 bits per heavy atom. The van der Waals surface area contributed by atoms with Crippen LogP contribution in [0.25, 0.3) is 11.3 Å². The van der Waals surface area contributed by atoms with E-state index >= 15 is 0 Å². The molecule has 8 heteroatoms. The summed E-state index contributed by atoms with van der Waals surface area (Å²) in [6.45, 7) is 3.25. The normalized spacial score (nSPS) is 11.7. The number of oxazole rings is 1. The number of benzene rings is 2. The van der Waals surface area contributed by atoms with Crippen LogP contribution in [0.2, 0.25) is 0 Å². The first-order valence-corrected chi connectivity index (χ1v) is 9.39. The summed E-state index contributed by atoms with van der Waals surface area (Å²) in [5.41, 5.74) is 1.20. The number of amides is 2. The zero-order valence-electron chi connectivity index (χ0n) is 16.5. The van der Waals surface area contributed by atoms with Gasteiger partial charge in [-0.15, -0.1) is 0 Å². The number of hydrogen-bond donors (Lipinski definition) is 2. The number of hydrogen-bond acceptors (Lipinski definition) is 4. The zero-order valence-corrected chi connectivity index (χ0v) is 16.5. The summed E-state index contributed by atoms with van der Waals surface area (Å²) in [6, 6.07) is 10.4. The molecule has 1 atom stereocenters. The van der Waals surface area contributed by atoms with Crippen molar-refractivity contribution in [3.63, 3.8) is 0 Å². The second-order valence-corrected chi connectivity index (χ2v) is 6.81. The molecule has 2 aromatic carbocycles. The van der Waals surface area contributed by atoms with Crippen LogP contribution in [0.15, 0.2) is 53.1 Å². The second kappa shape index (κ2) is 9.30. The minimum absolute atomic E-state index is 0.0239. The highest BCUT2D eigenvalue weighted by Gasteiger charge is 2.17. The lowest BCUT2D eigenvalue weighted by atomic mass is 10.1. The number of halogens is 2. The van der Waals surface area contributed by atoms with E-state index in [1.54, 1.807) is 18.2 Å². The fourth-order valence-corrected chi connectivity index (χ4v) is 2.98. The lowest BCUT2D eigenvalue weighted by molar-refractivity contribution is -0.121. The third-order valence-electron chi connectivity index (χ3n) is 4.41. The van der Waals surface area contributed by atoms with Gasteiger partial charge in [0.05, 0.1) is 17.8 Å². The van der Waals surface area contributed by atoms with Crippen molar-refractivity contribution < 1.29 is 22.8 Å². The molecule has 0 unspecified atom stereocenters. The van der Waals surface area contributed by atoms with Gasteiger partial charge in [0.25, 0.3) is 0 Å². The highest BCUT2D eigenvalue weighted by Crippen LogP contribution is 2.27. The van der Waals surface area contributed by atoms with Crippen LogP contribution in [0.1, 0.15) is 37.8 Å². The number of aryl methyl sites for hydroxylation is 1. The third-order valence-corrected chi connectivity index (χ3v) is 4.41. The van der Waals surface area contributed by atoms with Crippen LogP contribution >= 0.6 is 0 Å². The highest BCUT2D eigenvalue weighted by molar-refractivity contribution is 5.88. The van der Waals surface area contributed by atoms with Crippen molar-refractivity contribution in [2.24, 2.45) is 0 Å². The van der Waals surface area contributed by atoms with Crippen molar-refractivity contribution in [3.8, 4) is 11.3 Å². The van der Waals surface area contributed by atoms with Crippen molar-refractivity contribution in [3.05, 3.63) is 71.8 Å². The van der Waals surface area contributed by atoms with Gasteiger partial charge in [-0.1, -0.05) is 18.2 Å². The minimum atomic E-state index is -0.745. The fraction of sp³-hybridized carbons (Fsp3) is 0.227. The van der Waals surface area contributed by atoms with Gasteiger partial charge in [0.1, 0.15) is 11.6 Å². The van der Waals surface area contributed by atoms with Gasteiger partial charge in [-0.05, 0) is 36.8 Å². The maximum absolute atomic E-state index is 13.8. The first-order valence-electron chi connectivity index (χ1n) is 9.39. The van der Waals surface area contributed by atoms with Crippen LogP contribution < -0.4 is 10.6 Å². The predicted molar refractivity (Wildman–Crippen MR) is 107 cm³/mol. The van der Waals surface area contributed by atoms with Gasteiger partial charge < -0.3 is 15.1 Å². The lowest BCUT2D eigenvalue weighted by Gasteiger charge is -2.15. The molecule has 0 saturated carbocycles. The number of rotatable bonds is 7. The van der Waals surface area contributed by atoms with Crippen LogP contribution in [0.4, 0.5) is 14.5 Å². The molecule has 1 heterocycles. The quantitative estimate of drug-likeness (QED) is 0.602. The van der Waals surface area contributed by atoms with Crippen molar-refractivity contribution in [2.75, 3.05) is 5.32 Å². The number of carbonyl (C=O) groups excluding carboxylic acids is 2. The van der Waals surface area contributed by atoms with Crippen molar-refractivity contribution in [1.29, 1.82) is 0 Å². The lowest BCUT2D eigenvalue weighted by Crippen LogP contribution is -2.26. The van der Waals surface area contributed by atoms with Gasteiger partial charge in [0, 0.05) is 25.5 Å². The van der Waals surface area contributed by atoms with Gasteiger partial charge >= 0.3 is 0 Å². The van der Waals surface area contributed by atoms with Crippen LogP contribution in [0.3, 0.4) is 0 Å². The Morgan fingerprint density at radius 2 is 1.83 bits per heavy atom. The zero-order chi connectivity index (χ0) is 21.7. The summed E-state index contributed by atoms with van der Waals surface area (Å²) >= 11 is 0. The van der Waals surface area contributed by atoms with Crippen molar-refractivity contribution >= 4 is 17.5 Å². The van der Waals surface area contributed by atoms with E-state index in [0.29, 0.717) is 5.69 Å². The molecule has 30 heavy (non-hydrogen) atoms. The average Bonchev–Trinajstić information content (AvgIpc) is 3.14. The maximum Gasteiger partial charge on any atom is 0.221 e. The monoisotopic (exact) mass is 413 g/mol. The van der Waals surface area contributed by atoms with Gasteiger partial charge in [0.2, 0.25) is 11.8 Å². The highest BCUT2D eigenvalue weighted by atomic mass is 19.1. The summed E-state index contributed by atoms with van der Waals surface area (Å²) in [7, 11) is 0. The van der Waals surface area contributed by atoms with E-state index in [9.17, 15) is 18.4 Å². The van der Waals surface area contributed by atoms with E-state index in [4.69, 9.17) is 4.42 Å². The summed E-state index contributed by atoms with van der Waals surface area (Å²) in [6.07, 6.45) is 1.51. The Hall–Kier alpha value is -3.55. The minimum Gasteiger partial charge on any atom is -0.441 e. The van der Waals surface area contributed by atoms with Crippen LogP contribution in [-0.2, 0) is 16.0 Å². The molecule has 6 nitrogen and oxygen atoms in total. The Labute approximate surface area is 172 Å². The third kappa shape index (κ3) is 5.28. The molecule has 2 amide bonds. The molecule has 0 radical (unpaired) electrons. The number of anilines is 1. The van der Waals surface area contributed by atoms with Crippen molar-refractivity contribution in [2.45, 2.75) is 32.7 Å². The number of nitrogens with zero attached hydrogens (tertiary/aromatic N) is 1. The number of nitrogens with one attached hydrogen (secondary N) is 2. The van der Waals surface area contributed by atoms with Gasteiger partial charge in [-0.2, -0.15) is 0 Å². The van der Waals surface area contributed by atoms with Gasteiger partial charge in [0.15, 0.2) is 11.7 Å². The summed E-state index contributed by atoms with van der Waals surface area (Å²) in [5, 5.41) is 5.56. The molecule has 0 aliphatic rings. The Bertz CT molecular complexity index is 1050. The molecule has 3 rings (SSSR count). The van der Waals surface area contributed by atoms with Crippen LogP contribution in [0, 0.1) is 11.6 Å². The van der Waals surface area contributed by atoms with E-state index in [1.165, 1.54) is 19.2 Å². The van der Waals surface area contributed by atoms with E-state index in [2.05, 4.69) is 15.6 Å². The molecule has 0 fully saturated rings. The molecule has 2 N–H and O–H groups in total. The van der Waals surface area contributed by atoms with Crippen LogP contribution in [-0.4, -0.2) is 16.8 Å². The standard InChI is InChI=1S/C22H21F2N3O3/c1-13(15-5-3-6-16(11-15)27-14(2)28)26-20(29)9-10-21-25-12-19(30-21)22-17(23)7-4-8-18(22)24/h3-8,11-13H,9-10H2,1-2H3,(H,26,29)(H,27,28)/t13-/m0/s1. The first-order chi connectivity index (χ1) is 14.3. The smallest absolute Gasteiger partial charge is 0.221 e.